The molecule has 0 aliphatic carbocycles. The van der Waals surface area contributed by atoms with Crippen molar-refractivity contribution in [2.75, 3.05) is 25.1 Å². The molecule has 0 bridgehead atoms. The summed E-state index contributed by atoms with van der Waals surface area (Å²) in [6.45, 7) is 0.918. The summed E-state index contributed by atoms with van der Waals surface area (Å²) in [5.74, 6) is 0.527. The molecule has 1 unspecified atom stereocenters. The summed E-state index contributed by atoms with van der Waals surface area (Å²) in [7, 11) is 1.63. The molecule has 0 aromatic heterocycles. The number of amides is 3. The van der Waals surface area contributed by atoms with Crippen molar-refractivity contribution in [3.8, 4) is 5.75 Å². The summed E-state index contributed by atoms with van der Waals surface area (Å²) in [6, 6.07) is 22.4. The van der Waals surface area contributed by atoms with E-state index >= 15 is 0 Å². The van der Waals surface area contributed by atoms with Crippen LogP contribution in [0, 0.1) is 0 Å². The summed E-state index contributed by atoms with van der Waals surface area (Å²) >= 11 is 0. The first kappa shape index (κ1) is 22.7. The van der Waals surface area contributed by atoms with Crippen molar-refractivity contribution >= 4 is 23.4 Å². The van der Waals surface area contributed by atoms with Gasteiger partial charge in [-0.2, -0.15) is 0 Å². The summed E-state index contributed by atoms with van der Waals surface area (Å²) in [4.78, 5) is 42.5. The van der Waals surface area contributed by atoms with Crippen LogP contribution in [0.1, 0.15) is 50.9 Å². The smallest absolute Gasteiger partial charge is 0.260 e. The lowest BCUT2D eigenvalue weighted by Crippen LogP contribution is -2.48. The average Bonchev–Trinajstić information content (AvgIpc) is 3.19. The number of fused-ring (bicyclic) bond motifs is 5. The van der Waals surface area contributed by atoms with Crippen LogP contribution in [0.4, 0.5) is 5.69 Å². The normalized spacial score (nSPS) is 16.0. The van der Waals surface area contributed by atoms with Gasteiger partial charge in [-0.3, -0.25) is 19.3 Å². The minimum Gasteiger partial charge on any atom is -0.497 e. The zero-order valence-corrected chi connectivity index (χ0v) is 19.6. The van der Waals surface area contributed by atoms with Gasteiger partial charge in [0.05, 0.1) is 18.4 Å². The van der Waals surface area contributed by atoms with Crippen molar-refractivity contribution in [3.05, 3.63) is 95.1 Å². The highest BCUT2D eigenvalue weighted by atomic mass is 16.5. The summed E-state index contributed by atoms with van der Waals surface area (Å²) < 4.78 is 5.17. The van der Waals surface area contributed by atoms with Gasteiger partial charge < -0.3 is 15.0 Å². The Balaban J connectivity index is 1.23. The van der Waals surface area contributed by atoms with Crippen molar-refractivity contribution in [1.29, 1.82) is 0 Å². The van der Waals surface area contributed by atoms with E-state index < -0.39 is 6.17 Å². The number of hydrogen-bond donors (Lipinski definition) is 1. The van der Waals surface area contributed by atoms with Gasteiger partial charge in [-0.1, -0.05) is 42.5 Å². The lowest BCUT2D eigenvalue weighted by Gasteiger charge is -2.41. The number of carbonyl (C=O) groups excluding carboxylic acids is 3. The molecule has 0 saturated carbocycles. The monoisotopic (exact) mass is 469 g/mol. The number of carbonyl (C=O) groups is 3. The molecule has 0 fully saturated rings. The average molecular weight is 470 g/mol. The fourth-order valence-corrected chi connectivity index (χ4v) is 4.84. The zero-order chi connectivity index (χ0) is 24.4. The van der Waals surface area contributed by atoms with E-state index in [9.17, 15) is 14.4 Å². The highest BCUT2D eigenvalue weighted by Gasteiger charge is 2.47. The van der Waals surface area contributed by atoms with Gasteiger partial charge in [-0.15, -0.1) is 0 Å². The molecule has 1 atom stereocenters. The number of hydrogen-bond acceptors (Lipinski definition) is 4. The lowest BCUT2D eigenvalue weighted by molar-refractivity contribution is -0.121. The number of para-hydroxylation sites is 1. The molecule has 35 heavy (non-hydrogen) atoms. The molecule has 2 aliphatic heterocycles. The van der Waals surface area contributed by atoms with E-state index in [1.165, 1.54) is 0 Å². The van der Waals surface area contributed by atoms with Crippen molar-refractivity contribution in [3.63, 3.8) is 0 Å². The fourth-order valence-electron chi connectivity index (χ4n) is 4.84. The molecule has 2 heterocycles. The number of anilines is 1. The van der Waals surface area contributed by atoms with Gasteiger partial charge in [0.25, 0.3) is 11.8 Å². The van der Waals surface area contributed by atoms with Crippen LogP contribution in [0.25, 0.3) is 0 Å². The molecule has 7 heteroatoms. The topological polar surface area (TPSA) is 79.0 Å². The van der Waals surface area contributed by atoms with Crippen LogP contribution in [0.15, 0.2) is 72.8 Å². The Morgan fingerprint density at radius 1 is 0.914 bits per heavy atom. The van der Waals surface area contributed by atoms with Crippen LogP contribution < -0.4 is 15.0 Å². The Morgan fingerprint density at radius 2 is 1.63 bits per heavy atom. The second-order valence-corrected chi connectivity index (χ2v) is 8.70. The van der Waals surface area contributed by atoms with E-state index in [4.69, 9.17) is 4.74 Å². The van der Waals surface area contributed by atoms with Crippen LogP contribution >= 0.6 is 0 Å². The Kier molecular flexibility index (Phi) is 6.23. The van der Waals surface area contributed by atoms with Gasteiger partial charge in [0.1, 0.15) is 11.9 Å². The molecule has 1 N–H and O–H groups in total. The maximum Gasteiger partial charge on any atom is 0.260 e. The largest absolute Gasteiger partial charge is 0.497 e. The van der Waals surface area contributed by atoms with E-state index in [0.717, 1.165) is 23.3 Å². The predicted molar refractivity (Wildman–Crippen MR) is 132 cm³/mol. The van der Waals surface area contributed by atoms with Gasteiger partial charge in [0.15, 0.2) is 0 Å². The third-order valence-electron chi connectivity index (χ3n) is 6.58. The van der Waals surface area contributed by atoms with E-state index in [2.05, 4.69) is 5.32 Å². The summed E-state index contributed by atoms with van der Waals surface area (Å²) in [5, 5.41) is 2.96. The number of rotatable bonds is 8. The van der Waals surface area contributed by atoms with Gasteiger partial charge in [0, 0.05) is 30.6 Å². The van der Waals surface area contributed by atoms with E-state index in [0.29, 0.717) is 42.7 Å². The van der Waals surface area contributed by atoms with Crippen LogP contribution in [-0.2, 0) is 11.2 Å². The molecule has 0 saturated heterocycles. The molecule has 5 rings (SSSR count). The molecule has 0 spiro atoms. The first-order valence-electron chi connectivity index (χ1n) is 11.8. The maximum atomic E-state index is 13.4. The van der Waals surface area contributed by atoms with Gasteiger partial charge in [-0.05, 0) is 48.7 Å². The minimum atomic E-state index is -0.487. The van der Waals surface area contributed by atoms with Crippen molar-refractivity contribution < 1.29 is 19.1 Å². The Hall–Kier alpha value is -4.13. The number of benzene rings is 3. The van der Waals surface area contributed by atoms with Gasteiger partial charge in [0.2, 0.25) is 5.91 Å². The Labute approximate surface area is 204 Å². The lowest BCUT2D eigenvalue weighted by atomic mass is 10.0. The number of nitrogens with one attached hydrogen (secondary N) is 1. The highest BCUT2D eigenvalue weighted by molar-refractivity contribution is 6.16. The first-order chi connectivity index (χ1) is 17.1. The molecule has 178 valence electrons. The number of methoxy groups -OCH3 is 1. The van der Waals surface area contributed by atoms with E-state index in [-0.39, 0.29) is 17.7 Å². The molecule has 2 aliphatic rings. The number of ether oxygens (including phenoxy) is 1. The standard InChI is InChI=1S/C28H27N3O4/c1-35-20-14-12-19(13-15-20)16-17-29-25(32)11-6-18-30-26-21-7-2-3-8-22(21)28(34)31(26)24-10-5-4-9-23(24)27(30)33/h2-5,7-10,12-15,26H,6,11,16-18H2,1H3,(H,29,32). The van der Waals surface area contributed by atoms with E-state index in [1.807, 2.05) is 54.6 Å². The van der Waals surface area contributed by atoms with Crippen molar-refractivity contribution in [2.24, 2.45) is 0 Å². The van der Waals surface area contributed by atoms with Gasteiger partial charge in [-0.25, -0.2) is 0 Å². The quantitative estimate of drug-likeness (QED) is 0.542. The third-order valence-corrected chi connectivity index (χ3v) is 6.58. The summed E-state index contributed by atoms with van der Waals surface area (Å²) in [5.41, 5.74) is 3.70. The second-order valence-electron chi connectivity index (χ2n) is 8.70. The van der Waals surface area contributed by atoms with Crippen LogP contribution in [0.5, 0.6) is 5.75 Å². The van der Waals surface area contributed by atoms with E-state index in [1.54, 1.807) is 35.1 Å². The van der Waals surface area contributed by atoms with Crippen LogP contribution in [0.3, 0.4) is 0 Å². The number of nitrogens with zero attached hydrogens (tertiary/aromatic N) is 2. The zero-order valence-electron chi connectivity index (χ0n) is 19.6. The second kappa shape index (κ2) is 9.62. The molecule has 3 amide bonds. The van der Waals surface area contributed by atoms with Crippen LogP contribution in [0.2, 0.25) is 0 Å². The molecular weight excluding hydrogens is 442 g/mol. The highest BCUT2D eigenvalue weighted by Crippen LogP contribution is 2.45. The van der Waals surface area contributed by atoms with Gasteiger partial charge >= 0.3 is 0 Å². The summed E-state index contributed by atoms with van der Waals surface area (Å²) in [6.07, 6.45) is 1.05. The molecular formula is C28H27N3O4. The SMILES string of the molecule is COc1ccc(CCNC(=O)CCCN2C(=O)c3ccccc3N3C(=O)c4ccccc4C23)cc1. The molecule has 7 nitrogen and oxygen atoms in total. The minimum absolute atomic E-state index is 0.0527. The van der Waals surface area contributed by atoms with Crippen molar-refractivity contribution in [2.45, 2.75) is 25.4 Å². The third kappa shape index (κ3) is 4.25. The molecule has 3 aromatic carbocycles. The Morgan fingerprint density at radius 3 is 2.40 bits per heavy atom. The molecule has 3 aromatic rings. The predicted octanol–water partition coefficient (Wildman–Crippen LogP) is 3.95. The fraction of sp³-hybridized carbons (Fsp3) is 0.250. The molecule has 0 radical (unpaired) electrons. The van der Waals surface area contributed by atoms with Crippen molar-refractivity contribution in [1.82, 2.24) is 10.2 Å². The van der Waals surface area contributed by atoms with Crippen LogP contribution in [-0.4, -0.2) is 42.8 Å². The maximum absolute atomic E-state index is 13.4. The first-order valence-corrected chi connectivity index (χ1v) is 11.8. The Bertz CT molecular complexity index is 1270.